The third-order valence-corrected chi connectivity index (χ3v) is 2.51. The van der Waals surface area contributed by atoms with Gasteiger partial charge in [0.1, 0.15) is 12.6 Å². The fraction of sp³-hybridized carbons (Fsp3) is 0.462. The molecule has 0 bridgehead atoms. The zero-order valence-corrected chi connectivity index (χ0v) is 9.85. The van der Waals surface area contributed by atoms with Crippen LogP contribution < -0.4 is 10.4 Å². The van der Waals surface area contributed by atoms with Gasteiger partial charge in [-0.3, -0.25) is 0 Å². The molecule has 3 nitrogen and oxygen atoms in total. The molecule has 0 fully saturated rings. The molecule has 0 unspecified atom stereocenters. The van der Waals surface area contributed by atoms with Crippen LogP contribution in [0.25, 0.3) is 0 Å². The molecule has 0 aromatic heterocycles. The normalized spacial score (nSPS) is 12.7. The van der Waals surface area contributed by atoms with E-state index in [-0.39, 0.29) is 0 Å². The summed E-state index contributed by atoms with van der Waals surface area (Å²) in [5.74, 6) is -0.598. The van der Waals surface area contributed by atoms with Crippen LogP contribution in [-0.2, 0) is 11.3 Å². The summed E-state index contributed by atoms with van der Waals surface area (Å²) in [7, 11) is 0. The molecule has 3 heteroatoms. The summed E-state index contributed by atoms with van der Waals surface area (Å²) in [5.41, 5.74) is 1.14. The lowest BCUT2D eigenvalue weighted by atomic mass is 10.0. The van der Waals surface area contributed by atoms with Gasteiger partial charge in [0.05, 0.1) is 5.97 Å². The Kier molecular flexibility index (Phi) is 4.99. The molecule has 0 heterocycles. The van der Waals surface area contributed by atoms with Crippen molar-refractivity contribution in [3.8, 4) is 0 Å². The summed E-state index contributed by atoms with van der Waals surface area (Å²) in [6.07, 6.45) is 0.648. The van der Waals surface area contributed by atoms with Crippen LogP contribution >= 0.6 is 0 Å². The van der Waals surface area contributed by atoms with Crippen molar-refractivity contribution in [1.29, 1.82) is 0 Å². The Hall–Kier alpha value is -1.35. The maximum absolute atomic E-state index is 10.9. The first kappa shape index (κ1) is 12.7. The maximum atomic E-state index is 10.9. The summed E-state index contributed by atoms with van der Waals surface area (Å²) in [6.45, 7) is 4.73. The minimum atomic E-state index is -0.968. The molecule has 88 valence electrons. The second kappa shape index (κ2) is 6.28. The average Bonchev–Trinajstić information content (AvgIpc) is 2.25. The van der Waals surface area contributed by atoms with Crippen LogP contribution in [0.2, 0.25) is 0 Å². The smallest absolute Gasteiger partial charge is 0.127 e. The molecule has 2 N–H and O–H groups in total. The van der Waals surface area contributed by atoms with E-state index in [9.17, 15) is 9.90 Å². The number of hydrogen-bond acceptors (Lipinski definition) is 2. The highest BCUT2D eigenvalue weighted by Crippen LogP contribution is 2.01. The lowest BCUT2D eigenvalue weighted by Gasteiger charge is -2.18. The van der Waals surface area contributed by atoms with E-state index in [4.69, 9.17) is 0 Å². The molecule has 1 rings (SSSR count). The molecule has 0 saturated heterocycles. The summed E-state index contributed by atoms with van der Waals surface area (Å²) >= 11 is 0. The number of nitrogens with two attached hydrogens (primary N) is 1. The van der Waals surface area contributed by atoms with Crippen LogP contribution in [0, 0.1) is 5.92 Å². The predicted molar refractivity (Wildman–Crippen MR) is 60.3 cm³/mol. The van der Waals surface area contributed by atoms with Crippen LogP contribution in [0.3, 0.4) is 0 Å². The van der Waals surface area contributed by atoms with E-state index < -0.39 is 12.0 Å². The molecule has 0 aliphatic carbocycles. The summed E-state index contributed by atoms with van der Waals surface area (Å²) in [4.78, 5) is 10.9. The Labute approximate surface area is 96.5 Å². The van der Waals surface area contributed by atoms with Crippen LogP contribution in [0.4, 0.5) is 0 Å². The quantitative estimate of drug-likeness (QED) is 0.730. The fourth-order valence-electron chi connectivity index (χ4n) is 1.69. The molecule has 0 spiro atoms. The van der Waals surface area contributed by atoms with Gasteiger partial charge in [-0.1, -0.05) is 44.2 Å². The fourth-order valence-corrected chi connectivity index (χ4v) is 1.69. The standard InChI is InChI=1S/C13H19NO2/c1-10(2)8-12(13(15)16)14-9-11-6-4-3-5-7-11/h3-7,10,12,14H,8-9H2,1-2H3,(H,15,16)/t12-/m1/s1. The van der Waals surface area contributed by atoms with Crippen molar-refractivity contribution in [2.24, 2.45) is 5.92 Å². The number of carbonyl (C=O) groups excluding carboxylic acids is 1. The molecule has 0 saturated carbocycles. The molecule has 0 aliphatic rings. The van der Waals surface area contributed by atoms with Gasteiger partial charge in [0.15, 0.2) is 0 Å². The van der Waals surface area contributed by atoms with E-state index in [0.29, 0.717) is 18.9 Å². The second-order valence-corrected chi connectivity index (χ2v) is 4.48. The number of quaternary nitrogens is 1. The number of rotatable bonds is 6. The first-order valence-electron chi connectivity index (χ1n) is 5.67. The molecule has 0 radical (unpaired) electrons. The zero-order valence-electron chi connectivity index (χ0n) is 9.85. The Morgan fingerprint density at radius 2 is 1.94 bits per heavy atom. The van der Waals surface area contributed by atoms with Gasteiger partial charge in [0, 0.05) is 12.0 Å². The lowest BCUT2D eigenvalue weighted by molar-refractivity contribution is -0.699. The van der Waals surface area contributed by atoms with E-state index in [1.165, 1.54) is 0 Å². The van der Waals surface area contributed by atoms with Crippen LogP contribution in [0.1, 0.15) is 25.8 Å². The highest BCUT2D eigenvalue weighted by atomic mass is 16.4. The third-order valence-electron chi connectivity index (χ3n) is 2.51. The van der Waals surface area contributed by atoms with Crippen molar-refractivity contribution < 1.29 is 15.2 Å². The third kappa shape index (κ3) is 4.45. The van der Waals surface area contributed by atoms with Gasteiger partial charge in [-0.25, -0.2) is 0 Å². The largest absolute Gasteiger partial charge is 0.544 e. The highest BCUT2D eigenvalue weighted by Gasteiger charge is 2.14. The van der Waals surface area contributed by atoms with E-state index in [1.807, 2.05) is 49.5 Å². The van der Waals surface area contributed by atoms with Gasteiger partial charge in [-0.05, 0) is 5.92 Å². The Bertz CT molecular complexity index is 322. The SMILES string of the molecule is CC(C)C[C@@H]([NH2+]Cc1ccccc1)C(=O)[O-]. The second-order valence-electron chi connectivity index (χ2n) is 4.48. The number of benzene rings is 1. The van der Waals surface area contributed by atoms with E-state index in [2.05, 4.69) is 0 Å². The minimum absolute atomic E-state index is 0.370. The molecule has 0 amide bonds. The van der Waals surface area contributed by atoms with Gasteiger partial charge < -0.3 is 15.2 Å². The molecule has 1 aromatic carbocycles. The minimum Gasteiger partial charge on any atom is -0.544 e. The number of aliphatic carboxylic acids is 1. The molecule has 16 heavy (non-hydrogen) atoms. The van der Waals surface area contributed by atoms with Crippen LogP contribution in [0.15, 0.2) is 30.3 Å². The van der Waals surface area contributed by atoms with Crippen molar-refractivity contribution in [2.45, 2.75) is 32.9 Å². The van der Waals surface area contributed by atoms with Crippen molar-refractivity contribution in [2.75, 3.05) is 0 Å². The zero-order chi connectivity index (χ0) is 12.0. The number of carboxylic acids is 1. The van der Waals surface area contributed by atoms with Crippen molar-refractivity contribution in [3.05, 3.63) is 35.9 Å². The maximum Gasteiger partial charge on any atom is 0.127 e. The molecule has 1 atom stereocenters. The van der Waals surface area contributed by atoms with E-state index >= 15 is 0 Å². The van der Waals surface area contributed by atoms with Crippen molar-refractivity contribution in [1.82, 2.24) is 0 Å². The number of carbonyl (C=O) groups is 1. The Morgan fingerprint density at radius 3 is 2.44 bits per heavy atom. The van der Waals surface area contributed by atoms with Gasteiger partial charge in [-0.15, -0.1) is 0 Å². The van der Waals surface area contributed by atoms with Gasteiger partial charge in [0.2, 0.25) is 0 Å². The highest BCUT2D eigenvalue weighted by molar-refractivity contribution is 5.69. The summed E-state index contributed by atoms with van der Waals surface area (Å²) < 4.78 is 0. The van der Waals surface area contributed by atoms with Crippen LogP contribution in [0.5, 0.6) is 0 Å². The van der Waals surface area contributed by atoms with Gasteiger partial charge >= 0.3 is 0 Å². The number of carboxylic acid groups (broad SMARTS) is 1. The lowest BCUT2D eigenvalue weighted by Crippen LogP contribution is -2.91. The van der Waals surface area contributed by atoms with Gasteiger partial charge in [-0.2, -0.15) is 0 Å². The molecule has 0 aliphatic heterocycles. The van der Waals surface area contributed by atoms with Crippen molar-refractivity contribution in [3.63, 3.8) is 0 Å². The number of hydrogen-bond donors (Lipinski definition) is 1. The Balaban J connectivity index is 2.47. The average molecular weight is 221 g/mol. The predicted octanol–water partition coefficient (Wildman–Crippen LogP) is -0.0854. The van der Waals surface area contributed by atoms with Gasteiger partial charge in [0.25, 0.3) is 0 Å². The topological polar surface area (TPSA) is 56.7 Å². The molecular formula is C13H19NO2. The monoisotopic (exact) mass is 221 g/mol. The van der Waals surface area contributed by atoms with Crippen molar-refractivity contribution >= 4 is 5.97 Å². The van der Waals surface area contributed by atoms with E-state index in [0.717, 1.165) is 5.56 Å². The van der Waals surface area contributed by atoms with E-state index in [1.54, 1.807) is 0 Å². The van der Waals surface area contributed by atoms with Crippen LogP contribution in [-0.4, -0.2) is 12.0 Å². The summed E-state index contributed by atoms with van der Waals surface area (Å²) in [6, 6.07) is 9.42. The molecule has 1 aromatic rings. The molecular weight excluding hydrogens is 202 g/mol. The first-order valence-corrected chi connectivity index (χ1v) is 5.67. The summed E-state index contributed by atoms with van der Waals surface area (Å²) in [5, 5.41) is 12.8. The Morgan fingerprint density at radius 1 is 1.31 bits per heavy atom. The first-order chi connectivity index (χ1) is 7.59.